The van der Waals surface area contributed by atoms with Crippen LogP contribution < -0.4 is 10.1 Å². The zero-order valence-corrected chi connectivity index (χ0v) is 22.0. The highest BCUT2D eigenvalue weighted by molar-refractivity contribution is 7.16. The summed E-state index contributed by atoms with van der Waals surface area (Å²) >= 11 is 13.1. The third-order valence-corrected chi connectivity index (χ3v) is 8.75. The summed E-state index contributed by atoms with van der Waals surface area (Å²) in [5.41, 5.74) is -1.16. The number of aliphatic hydroxyl groups excluding tert-OH is 1. The lowest BCUT2D eigenvalue weighted by atomic mass is 9.86. The molecule has 0 bridgehead atoms. The molecular weight excluding hydrogens is 552 g/mol. The Balaban J connectivity index is 1.42. The number of rotatable bonds is 4. The molecule has 200 valence electrons. The van der Waals surface area contributed by atoms with Gasteiger partial charge in [0, 0.05) is 27.2 Å². The largest absolute Gasteiger partial charge is 0.435 e. The highest BCUT2D eigenvalue weighted by Gasteiger charge is 2.62. The molecule has 1 amide bonds. The number of halogens is 5. The number of amides is 1. The van der Waals surface area contributed by atoms with Gasteiger partial charge in [-0.05, 0) is 75.1 Å². The van der Waals surface area contributed by atoms with E-state index in [1.54, 1.807) is 0 Å². The van der Waals surface area contributed by atoms with Gasteiger partial charge < -0.3 is 20.0 Å². The fraction of sp³-hybridized carbons (Fsp3) is 0.520. The van der Waals surface area contributed by atoms with Crippen molar-refractivity contribution in [2.75, 3.05) is 0 Å². The Hall–Kier alpha value is -2.01. The van der Waals surface area contributed by atoms with Crippen molar-refractivity contribution >= 4 is 46.3 Å². The Labute approximate surface area is 225 Å². The van der Waals surface area contributed by atoms with Crippen molar-refractivity contribution in [1.82, 2.24) is 5.32 Å². The maximum absolute atomic E-state index is 14.4. The van der Waals surface area contributed by atoms with Crippen molar-refractivity contribution in [3.05, 3.63) is 49.8 Å². The van der Waals surface area contributed by atoms with Gasteiger partial charge in [0.25, 0.3) is 5.60 Å². The highest BCUT2D eigenvalue weighted by atomic mass is 35.5. The summed E-state index contributed by atoms with van der Waals surface area (Å²) in [4.78, 5) is 18.4. The van der Waals surface area contributed by atoms with Crippen LogP contribution in [-0.4, -0.2) is 35.2 Å². The van der Waals surface area contributed by atoms with Crippen LogP contribution in [0.2, 0.25) is 10.0 Å². The summed E-state index contributed by atoms with van der Waals surface area (Å²) in [6, 6.07) is 3.54. The first-order chi connectivity index (χ1) is 17.6. The highest BCUT2D eigenvalue weighted by Crippen LogP contribution is 2.51. The van der Waals surface area contributed by atoms with Crippen LogP contribution in [0.1, 0.15) is 66.5 Å². The molecule has 6 nitrogen and oxygen atoms in total. The van der Waals surface area contributed by atoms with Crippen molar-refractivity contribution in [2.24, 2.45) is 5.16 Å². The lowest BCUT2D eigenvalue weighted by molar-refractivity contribution is -0.275. The zero-order valence-electron chi connectivity index (χ0n) is 19.7. The molecule has 12 heteroatoms. The zero-order chi connectivity index (χ0) is 26.4. The van der Waals surface area contributed by atoms with Crippen molar-refractivity contribution in [3.63, 3.8) is 0 Å². The molecule has 2 heterocycles. The molecule has 1 aromatic carbocycles. The van der Waals surface area contributed by atoms with Gasteiger partial charge in [0.1, 0.15) is 5.71 Å². The molecular formula is C25H25Cl2F3N2O4S. The SMILES string of the molecule is O=C(NC1CCCC(O)C1)Oc1sc(C2=NOC(c3cc(Cl)cc(Cl)c3)(C(F)(F)F)C2)c2c1CCCC2. The van der Waals surface area contributed by atoms with Gasteiger partial charge in [-0.25, -0.2) is 4.79 Å². The normalized spacial score (nSPS) is 25.7. The van der Waals surface area contributed by atoms with Gasteiger partial charge in [-0.2, -0.15) is 13.2 Å². The maximum atomic E-state index is 14.4. The molecule has 2 aromatic rings. The number of alkyl halides is 3. The van der Waals surface area contributed by atoms with E-state index in [1.165, 1.54) is 18.2 Å². The van der Waals surface area contributed by atoms with Gasteiger partial charge in [0.15, 0.2) is 5.06 Å². The van der Waals surface area contributed by atoms with E-state index in [0.29, 0.717) is 35.6 Å². The summed E-state index contributed by atoms with van der Waals surface area (Å²) in [6.07, 6.45) is -0.682. The van der Waals surface area contributed by atoms with Gasteiger partial charge in [0.05, 0.1) is 17.4 Å². The number of nitrogens with one attached hydrogen (secondary N) is 1. The first-order valence-corrected chi connectivity index (χ1v) is 13.7. The number of ether oxygens (including phenoxy) is 1. The predicted octanol–water partition coefficient (Wildman–Crippen LogP) is 6.91. The Morgan fingerprint density at radius 1 is 1.14 bits per heavy atom. The van der Waals surface area contributed by atoms with Crippen LogP contribution in [0.15, 0.2) is 23.4 Å². The van der Waals surface area contributed by atoms with Crippen LogP contribution in [0.3, 0.4) is 0 Å². The van der Waals surface area contributed by atoms with Crippen LogP contribution >= 0.6 is 34.5 Å². The number of oxime groups is 1. The van der Waals surface area contributed by atoms with E-state index in [-0.39, 0.29) is 27.4 Å². The minimum atomic E-state index is -4.80. The molecule has 3 aliphatic rings. The first-order valence-electron chi connectivity index (χ1n) is 12.2. The van der Waals surface area contributed by atoms with Crippen LogP contribution in [0.5, 0.6) is 5.06 Å². The predicted molar refractivity (Wildman–Crippen MR) is 135 cm³/mol. The Morgan fingerprint density at radius 2 is 1.84 bits per heavy atom. The van der Waals surface area contributed by atoms with E-state index in [1.807, 2.05) is 0 Å². The molecule has 3 unspecified atom stereocenters. The number of nitrogens with zero attached hydrogens (tertiary/aromatic N) is 1. The van der Waals surface area contributed by atoms with Crippen molar-refractivity contribution in [3.8, 4) is 5.06 Å². The lowest BCUT2D eigenvalue weighted by Crippen LogP contribution is -2.42. The van der Waals surface area contributed by atoms with E-state index in [2.05, 4.69) is 10.5 Å². The fourth-order valence-corrected chi connectivity index (χ4v) is 7.05. The molecule has 37 heavy (non-hydrogen) atoms. The monoisotopic (exact) mass is 576 g/mol. The van der Waals surface area contributed by atoms with Crippen LogP contribution in [0.25, 0.3) is 0 Å². The molecule has 1 aromatic heterocycles. The molecule has 0 saturated heterocycles. The van der Waals surface area contributed by atoms with Crippen LogP contribution in [-0.2, 0) is 23.3 Å². The quantitative estimate of drug-likeness (QED) is 0.414. The Morgan fingerprint density at radius 3 is 2.51 bits per heavy atom. The van der Waals surface area contributed by atoms with Gasteiger partial charge in [-0.3, -0.25) is 0 Å². The topological polar surface area (TPSA) is 80.2 Å². The van der Waals surface area contributed by atoms with E-state index in [4.69, 9.17) is 32.8 Å². The smallest absolute Gasteiger partial charge is 0.399 e. The van der Waals surface area contributed by atoms with Crippen molar-refractivity contribution in [2.45, 2.75) is 81.7 Å². The number of carbonyl (C=O) groups is 1. The number of carbonyl (C=O) groups excluding carboxylic acids is 1. The second-order valence-corrected chi connectivity index (χ2v) is 11.6. The van der Waals surface area contributed by atoms with Crippen molar-refractivity contribution < 1.29 is 32.6 Å². The van der Waals surface area contributed by atoms with Gasteiger partial charge >= 0.3 is 12.3 Å². The molecule has 3 atom stereocenters. The third-order valence-electron chi connectivity index (χ3n) is 7.11. The van der Waals surface area contributed by atoms with Crippen LogP contribution in [0.4, 0.5) is 18.0 Å². The van der Waals surface area contributed by atoms with Crippen molar-refractivity contribution in [1.29, 1.82) is 0 Å². The number of fused-ring (bicyclic) bond motifs is 1. The molecule has 0 spiro atoms. The minimum absolute atomic E-state index is 0.0591. The maximum Gasteiger partial charge on any atom is 0.435 e. The number of hydrogen-bond donors (Lipinski definition) is 2. The number of thiophene rings is 1. The van der Waals surface area contributed by atoms with E-state index >= 15 is 0 Å². The summed E-state index contributed by atoms with van der Waals surface area (Å²) in [5.74, 6) is 0. The second-order valence-electron chi connectivity index (χ2n) is 9.72. The van der Waals surface area contributed by atoms with E-state index < -0.39 is 30.4 Å². The summed E-state index contributed by atoms with van der Waals surface area (Å²) in [5, 5.41) is 17.0. The molecule has 5 rings (SSSR count). The van der Waals surface area contributed by atoms with E-state index in [9.17, 15) is 23.1 Å². The van der Waals surface area contributed by atoms with E-state index in [0.717, 1.165) is 48.1 Å². The number of benzene rings is 1. The summed E-state index contributed by atoms with van der Waals surface area (Å²) < 4.78 is 49.0. The molecule has 1 aliphatic heterocycles. The fourth-order valence-electron chi connectivity index (χ4n) is 5.30. The molecule has 2 N–H and O–H groups in total. The minimum Gasteiger partial charge on any atom is -0.399 e. The first kappa shape index (κ1) is 26.6. The average Bonchev–Trinajstić information content (AvgIpc) is 3.42. The molecule has 2 aliphatic carbocycles. The number of hydrogen-bond acceptors (Lipinski definition) is 6. The standard InChI is InChI=1S/C25H25Cl2F3N2O4S/c26-14-8-13(9-15(27)10-14)24(25(28,29)30)12-20(32-36-24)21-18-6-1-2-7-19(18)22(37-21)35-23(34)31-16-4-3-5-17(33)11-16/h8-10,16-17,33H,1-7,11-12H2,(H,31,34). The van der Waals surface area contributed by atoms with Gasteiger partial charge in [-0.1, -0.05) is 39.7 Å². The average molecular weight is 577 g/mol. The Kier molecular flexibility index (Phi) is 7.39. The van der Waals surface area contributed by atoms with Crippen LogP contribution in [0, 0.1) is 0 Å². The second kappa shape index (κ2) is 10.3. The van der Waals surface area contributed by atoms with Gasteiger partial charge in [0.2, 0.25) is 0 Å². The van der Waals surface area contributed by atoms with Gasteiger partial charge in [-0.15, -0.1) is 0 Å². The lowest BCUT2D eigenvalue weighted by Gasteiger charge is -2.29. The Bertz CT molecular complexity index is 1210. The number of aliphatic hydroxyl groups is 1. The molecule has 0 radical (unpaired) electrons. The third kappa shape index (κ3) is 5.30. The summed E-state index contributed by atoms with van der Waals surface area (Å²) in [6.45, 7) is 0. The molecule has 1 saturated carbocycles. The summed E-state index contributed by atoms with van der Waals surface area (Å²) in [7, 11) is 0. The molecule has 1 fully saturated rings.